The van der Waals surface area contributed by atoms with Gasteiger partial charge in [-0.3, -0.25) is 0 Å². The number of benzene rings is 1. The van der Waals surface area contributed by atoms with Crippen molar-refractivity contribution < 1.29 is 9.84 Å². The van der Waals surface area contributed by atoms with Gasteiger partial charge in [0.15, 0.2) is 11.5 Å². The molecule has 0 aliphatic rings. The molecule has 0 aliphatic heterocycles. The fourth-order valence-corrected chi connectivity index (χ4v) is 1.37. The van der Waals surface area contributed by atoms with Gasteiger partial charge >= 0.3 is 0 Å². The highest BCUT2D eigenvalue weighted by molar-refractivity contribution is 5.37. The minimum absolute atomic E-state index is 0.126. The van der Waals surface area contributed by atoms with E-state index in [1.165, 1.54) is 0 Å². The number of aromatic hydroxyl groups is 1. The Morgan fingerprint density at radius 1 is 1.24 bits per heavy atom. The Hall–Kier alpha value is -2.30. The van der Waals surface area contributed by atoms with E-state index in [1.54, 1.807) is 36.5 Å². The molecule has 0 bridgehead atoms. The third-order valence-electron chi connectivity index (χ3n) is 2.18. The molecular weight excluding hydrogens is 218 g/mol. The van der Waals surface area contributed by atoms with Gasteiger partial charge in [-0.25, -0.2) is 9.97 Å². The van der Waals surface area contributed by atoms with E-state index in [2.05, 4.69) is 9.97 Å². The van der Waals surface area contributed by atoms with E-state index >= 15 is 0 Å². The minimum Gasteiger partial charge on any atom is -0.504 e. The van der Waals surface area contributed by atoms with E-state index in [9.17, 15) is 5.11 Å². The molecule has 0 fully saturated rings. The first-order valence-electron chi connectivity index (χ1n) is 5.24. The molecular formula is C12H13N3O2. The van der Waals surface area contributed by atoms with Crippen LogP contribution in [0.4, 0.5) is 5.82 Å². The second kappa shape index (κ2) is 5.16. The minimum atomic E-state index is 0.126. The number of ether oxygens (including phenoxy) is 1. The fraction of sp³-hybridized carbons (Fsp3) is 0.167. The molecule has 0 radical (unpaired) electrons. The number of hydrogen-bond donors (Lipinski definition) is 2. The molecule has 2 rings (SSSR count). The molecule has 1 aromatic carbocycles. The normalized spacial score (nSPS) is 10.1. The zero-order chi connectivity index (χ0) is 12.1. The van der Waals surface area contributed by atoms with E-state index in [0.717, 1.165) is 0 Å². The molecule has 2 aromatic rings. The van der Waals surface area contributed by atoms with Gasteiger partial charge in [0, 0.05) is 12.6 Å². The topological polar surface area (TPSA) is 81.3 Å². The largest absolute Gasteiger partial charge is 0.504 e. The van der Waals surface area contributed by atoms with Crippen molar-refractivity contribution >= 4 is 5.82 Å². The summed E-state index contributed by atoms with van der Waals surface area (Å²) in [7, 11) is 0. The summed E-state index contributed by atoms with van der Waals surface area (Å²) in [5.74, 6) is 1.65. The van der Waals surface area contributed by atoms with E-state index in [4.69, 9.17) is 10.5 Å². The molecule has 1 heterocycles. The number of rotatable bonds is 4. The first kappa shape index (κ1) is 11.2. The summed E-state index contributed by atoms with van der Waals surface area (Å²) in [6, 6.07) is 8.45. The van der Waals surface area contributed by atoms with Crippen molar-refractivity contribution in [1.82, 2.24) is 9.97 Å². The van der Waals surface area contributed by atoms with E-state index in [-0.39, 0.29) is 5.75 Å². The van der Waals surface area contributed by atoms with Crippen LogP contribution in [0.15, 0.2) is 36.5 Å². The average molecular weight is 231 g/mol. The molecule has 0 saturated carbocycles. The van der Waals surface area contributed by atoms with Gasteiger partial charge in [0.2, 0.25) is 0 Å². The van der Waals surface area contributed by atoms with Crippen LogP contribution in [-0.2, 0) is 6.42 Å². The maximum absolute atomic E-state index is 9.48. The third kappa shape index (κ3) is 3.07. The van der Waals surface area contributed by atoms with Crippen molar-refractivity contribution in [3.05, 3.63) is 42.4 Å². The van der Waals surface area contributed by atoms with Crippen LogP contribution in [0.2, 0.25) is 0 Å². The molecule has 3 N–H and O–H groups in total. The summed E-state index contributed by atoms with van der Waals surface area (Å²) >= 11 is 0. The first-order chi connectivity index (χ1) is 8.25. The molecule has 0 spiro atoms. The van der Waals surface area contributed by atoms with Crippen molar-refractivity contribution in [1.29, 1.82) is 0 Å². The van der Waals surface area contributed by atoms with Gasteiger partial charge < -0.3 is 15.6 Å². The van der Waals surface area contributed by atoms with Crippen molar-refractivity contribution in [2.45, 2.75) is 6.42 Å². The summed E-state index contributed by atoms with van der Waals surface area (Å²) < 4.78 is 5.41. The summed E-state index contributed by atoms with van der Waals surface area (Å²) in [5.41, 5.74) is 5.53. The molecule has 0 unspecified atom stereocenters. The average Bonchev–Trinajstić information content (AvgIpc) is 2.32. The fourth-order valence-electron chi connectivity index (χ4n) is 1.37. The van der Waals surface area contributed by atoms with E-state index < -0.39 is 0 Å². The van der Waals surface area contributed by atoms with Crippen molar-refractivity contribution in [3.63, 3.8) is 0 Å². The van der Waals surface area contributed by atoms with Gasteiger partial charge in [0.25, 0.3) is 0 Å². The Kier molecular flexibility index (Phi) is 3.40. The highest BCUT2D eigenvalue weighted by atomic mass is 16.5. The van der Waals surface area contributed by atoms with Crippen molar-refractivity contribution in [2.24, 2.45) is 0 Å². The van der Waals surface area contributed by atoms with Crippen LogP contribution < -0.4 is 10.5 Å². The number of hydrogen-bond acceptors (Lipinski definition) is 5. The number of anilines is 1. The molecule has 0 aliphatic carbocycles. The number of phenolic OH excluding ortho intramolecular Hbond substituents is 1. The number of nitrogens with zero attached hydrogens (tertiary/aromatic N) is 2. The number of para-hydroxylation sites is 2. The van der Waals surface area contributed by atoms with Gasteiger partial charge in [-0.2, -0.15) is 0 Å². The van der Waals surface area contributed by atoms with Crippen LogP contribution in [0, 0.1) is 0 Å². The summed E-state index contributed by atoms with van der Waals surface area (Å²) in [4.78, 5) is 8.11. The second-order valence-corrected chi connectivity index (χ2v) is 3.46. The maximum atomic E-state index is 9.48. The van der Waals surface area contributed by atoms with Crippen LogP contribution in [-0.4, -0.2) is 21.7 Å². The van der Waals surface area contributed by atoms with Gasteiger partial charge in [-0.15, -0.1) is 0 Å². The lowest BCUT2D eigenvalue weighted by Crippen LogP contribution is -2.06. The van der Waals surface area contributed by atoms with Gasteiger partial charge in [0.1, 0.15) is 11.6 Å². The van der Waals surface area contributed by atoms with Crippen molar-refractivity contribution in [2.75, 3.05) is 12.3 Å². The smallest absolute Gasteiger partial charge is 0.160 e. The lowest BCUT2D eigenvalue weighted by Gasteiger charge is -2.06. The lowest BCUT2D eigenvalue weighted by molar-refractivity contribution is 0.301. The highest BCUT2D eigenvalue weighted by Crippen LogP contribution is 2.24. The summed E-state index contributed by atoms with van der Waals surface area (Å²) in [6.07, 6.45) is 2.15. The van der Waals surface area contributed by atoms with Gasteiger partial charge in [-0.1, -0.05) is 12.1 Å². The van der Waals surface area contributed by atoms with Crippen LogP contribution >= 0.6 is 0 Å². The maximum Gasteiger partial charge on any atom is 0.160 e. The molecule has 0 atom stereocenters. The van der Waals surface area contributed by atoms with Gasteiger partial charge in [-0.05, 0) is 18.2 Å². The van der Waals surface area contributed by atoms with Crippen LogP contribution in [0.1, 0.15) is 5.82 Å². The Balaban J connectivity index is 1.90. The molecule has 88 valence electrons. The van der Waals surface area contributed by atoms with Crippen molar-refractivity contribution in [3.8, 4) is 11.5 Å². The number of nitrogen functional groups attached to an aromatic ring is 1. The second-order valence-electron chi connectivity index (χ2n) is 3.46. The molecule has 0 saturated heterocycles. The van der Waals surface area contributed by atoms with Crippen LogP contribution in [0.5, 0.6) is 11.5 Å². The van der Waals surface area contributed by atoms with E-state index in [0.29, 0.717) is 30.4 Å². The molecule has 5 heteroatoms. The van der Waals surface area contributed by atoms with Gasteiger partial charge in [0.05, 0.1) is 6.61 Å². The SMILES string of the molecule is Nc1ccnc(CCOc2ccccc2O)n1. The molecule has 1 aromatic heterocycles. The predicted molar refractivity (Wildman–Crippen MR) is 63.8 cm³/mol. The molecule has 0 amide bonds. The number of phenols is 1. The summed E-state index contributed by atoms with van der Waals surface area (Å²) in [6.45, 7) is 0.390. The molecule has 17 heavy (non-hydrogen) atoms. The number of aromatic nitrogens is 2. The number of nitrogens with two attached hydrogens (primary N) is 1. The quantitative estimate of drug-likeness (QED) is 0.830. The zero-order valence-electron chi connectivity index (χ0n) is 9.21. The Labute approximate surface area is 98.9 Å². The highest BCUT2D eigenvalue weighted by Gasteiger charge is 2.02. The van der Waals surface area contributed by atoms with E-state index in [1.807, 2.05) is 0 Å². The Morgan fingerprint density at radius 2 is 2.06 bits per heavy atom. The monoisotopic (exact) mass is 231 g/mol. The zero-order valence-corrected chi connectivity index (χ0v) is 9.21. The third-order valence-corrected chi connectivity index (χ3v) is 2.18. The Morgan fingerprint density at radius 3 is 2.82 bits per heavy atom. The summed E-state index contributed by atoms with van der Waals surface area (Å²) in [5, 5.41) is 9.48. The molecule has 5 nitrogen and oxygen atoms in total. The van der Waals surface area contributed by atoms with Crippen LogP contribution in [0.3, 0.4) is 0 Å². The lowest BCUT2D eigenvalue weighted by atomic mass is 10.3. The standard InChI is InChI=1S/C12H13N3O2/c13-11-5-7-14-12(15-11)6-8-17-10-4-2-1-3-9(10)16/h1-5,7,16H,6,8H2,(H2,13,14,15). The van der Waals surface area contributed by atoms with Crippen LogP contribution in [0.25, 0.3) is 0 Å². The Bertz CT molecular complexity index is 503. The first-order valence-corrected chi connectivity index (χ1v) is 5.24. The predicted octanol–water partition coefficient (Wildman–Crippen LogP) is 1.39.